The largest absolute Gasteiger partial charge is 0.480 e. The number of aliphatic carboxylic acids is 1. The molecule has 0 aliphatic carbocycles. The van der Waals surface area contributed by atoms with Crippen LogP contribution >= 0.6 is 0 Å². The highest BCUT2D eigenvalue weighted by molar-refractivity contribution is 6.01. The summed E-state index contributed by atoms with van der Waals surface area (Å²) in [4.78, 5) is 25.1. The Labute approximate surface area is 118 Å². The van der Waals surface area contributed by atoms with Gasteiger partial charge >= 0.3 is 5.97 Å². The smallest absolute Gasteiger partial charge is 0.327 e. The number of carbonyl (C=O) groups is 2. The predicted molar refractivity (Wildman–Crippen MR) is 76.4 cm³/mol. The van der Waals surface area contributed by atoms with Gasteiger partial charge in [0.15, 0.2) is 0 Å². The molecule has 0 saturated heterocycles. The molecule has 104 valence electrons. The molecule has 1 N–H and O–H groups in total. The average molecular weight is 271 g/mol. The minimum Gasteiger partial charge on any atom is -0.480 e. The Morgan fingerprint density at radius 3 is 2.80 bits per heavy atom. The van der Waals surface area contributed by atoms with Crippen molar-refractivity contribution in [1.82, 2.24) is 0 Å². The predicted octanol–water partition coefficient (Wildman–Crippen LogP) is 2.22. The van der Waals surface area contributed by atoms with Crippen molar-refractivity contribution in [2.45, 2.75) is 38.1 Å². The van der Waals surface area contributed by atoms with E-state index in [0.29, 0.717) is 25.7 Å². The van der Waals surface area contributed by atoms with Crippen LogP contribution in [0.1, 0.15) is 31.2 Å². The zero-order valence-corrected chi connectivity index (χ0v) is 11.2. The lowest BCUT2D eigenvalue weighted by Gasteiger charge is -2.22. The number of terminal acetylenes is 1. The number of para-hydroxylation sites is 1. The van der Waals surface area contributed by atoms with E-state index in [2.05, 4.69) is 5.92 Å². The van der Waals surface area contributed by atoms with Crippen molar-refractivity contribution in [2.75, 3.05) is 4.90 Å². The number of nitrogens with zero attached hydrogens (tertiary/aromatic N) is 1. The van der Waals surface area contributed by atoms with Gasteiger partial charge in [-0.1, -0.05) is 18.2 Å². The number of benzene rings is 1. The average Bonchev–Trinajstić information content (AvgIpc) is 2.83. The lowest BCUT2D eigenvalue weighted by atomic mass is 10.1. The molecule has 0 bridgehead atoms. The van der Waals surface area contributed by atoms with Gasteiger partial charge in [0.1, 0.15) is 6.04 Å². The molecular weight excluding hydrogens is 254 g/mol. The molecule has 4 heteroatoms. The Morgan fingerprint density at radius 1 is 1.35 bits per heavy atom. The fourth-order valence-electron chi connectivity index (χ4n) is 2.52. The second kappa shape index (κ2) is 6.25. The number of anilines is 1. The molecule has 1 atom stereocenters. The standard InChI is InChI=1S/C16H17NO3/c1-2-3-4-5-10-15(18)17-13-9-7-6-8-12(13)11-14(17)16(19)20/h1,6-9,14H,3-5,10-11H2,(H,19,20)/t14-/m0/s1. The summed E-state index contributed by atoms with van der Waals surface area (Å²) in [6.07, 6.45) is 8.00. The summed E-state index contributed by atoms with van der Waals surface area (Å²) in [5, 5.41) is 9.29. The van der Waals surface area contributed by atoms with Crippen LogP contribution in [0.5, 0.6) is 0 Å². The molecule has 1 aliphatic rings. The number of hydrogen-bond donors (Lipinski definition) is 1. The molecular formula is C16H17NO3. The summed E-state index contributed by atoms with van der Waals surface area (Å²) in [6.45, 7) is 0. The molecule has 1 heterocycles. The topological polar surface area (TPSA) is 57.6 Å². The number of fused-ring (bicyclic) bond motifs is 1. The lowest BCUT2D eigenvalue weighted by Crippen LogP contribution is -2.42. The molecule has 1 amide bonds. The third-order valence-corrected chi connectivity index (χ3v) is 3.49. The van der Waals surface area contributed by atoms with E-state index >= 15 is 0 Å². The maximum atomic E-state index is 12.3. The van der Waals surface area contributed by atoms with Crippen molar-refractivity contribution in [1.29, 1.82) is 0 Å². The third kappa shape index (κ3) is 2.83. The monoisotopic (exact) mass is 271 g/mol. The molecule has 0 saturated carbocycles. The summed E-state index contributed by atoms with van der Waals surface area (Å²) in [7, 11) is 0. The number of carboxylic acid groups (broad SMARTS) is 1. The number of carboxylic acids is 1. The number of carbonyl (C=O) groups excluding carboxylic acids is 1. The van der Waals surface area contributed by atoms with Crippen molar-refractivity contribution in [3.8, 4) is 12.3 Å². The molecule has 0 unspecified atom stereocenters. The highest BCUT2D eigenvalue weighted by Crippen LogP contribution is 2.32. The van der Waals surface area contributed by atoms with Gasteiger partial charge < -0.3 is 5.11 Å². The van der Waals surface area contributed by atoms with Gasteiger partial charge in [0.2, 0.25) is 5.91 Å². The van der Waals surface area contributed by atoms with Crippen LogP contribution in [0.3, 0.4) is 0 Å². The van der Waals surface area contributed by atoms with E-state index in [4.69, 9.17) is 6.42 Å². The second-order valence-electron chi connectivity index (χ2n) is 4.86. The van der Waals surface area contributed by atoms with Gasteiger partial charge in [-0.2, -0.15) is 0 Å². The van der Waals surface area contributed by atoms with Crippen LogP contribution in [0.4, 0.5) is 5.69 Å². The number of hydrogen-bond acceptors (Lipinski definition) is 2. The molecule has 1 aliphatic heterocycles. The van der Waals surface area contributed by atoms with E-state index in [1.807, 2.05) is 18.2 Å². The van der Waals surface area contributed by atoms with Crippen LogP contribution in [-0.4, -0.2) is 23.0 Å². The minimum absolute atomic E-state index is 0.139. The maximum absolute atomic E-state index is 12.3. The maximum Gasteiger partial charge on any atom is 0.327 e. The summed E-state index contributed by atoms with van der Waals surface area (Å²) < 4.78 is 0. The number of unbranched alkanes of at least 4 members (excludes halogenated alkanes) is 2. The molecule has 20 heavy (non-hydrogen) atoms. The SMILES string of the molecule is C#CCCCCC(=O)N1c2ccccc2C[C@H]1C(=O)O. The molecule has 0 radical (unpaired) electrons. The van der Waals surface area contributed by atoms with Gasteiger partial charge in [0.05, 0.1) is 0 Å². The number of rotatable bonds is 5. The summed E-state index contributed by atoms with van der Waals surface area (Å²) >= 11 is 0. The van der Waals surface area contributed by atoms with E-state index in [1.54, 1.807) is 6.07 Å². The van der Waals surface area contributed by atoms with E-state index in [-0.39, 0.29) is 5.91 Å². The van der Waals surface area contributed by atoms with Crippen molar-refractivity contribution in [3.63, 3.8) is 0 Å². The molecule has 1 aromatic carbocycles. The second-order valence-corrected chi connectivity index (χ2v) is 4.86. The van der Waals surface area contributed by atoms with Crippen molar-refractivity contribution in [3.05, 3.63) is 29.8 Å². The Kier molecular flexibility index (Phi) is 4.41. The van der Waals surface area contributed by atoms with Crippen molar-refractivity contribution >= 4 is 17.6 Å². The molecule has 0 aromatic heterocycles. The quantitative estimate of drug-likeness (QED) is 0.660. The van der Waals surface area contributed by atoms with Gasteiger partial charge in [-0.05, 0) is 24.5 Å². The Bertz CT molecular complexity index is 559. The van der Waals surface area contributed by atoms with Gasteiger partial charge in [-0.25, -0.2) is 4.79 Å². The molecule has 4 nitrogen and oxygen atoms in total. The Hall–Kier alpha value is -2.28. The first-order valence-corrected chi connectivity index (χ1v) is 6.71. The molecule has 2 rings (SSSR count). The van der Waals surface area contributed by atoms with E-state index < -0.39 is 12.0 Å². The van der Waals surface area contributed by atoms with Gasteiger partial charge in [0, 0.05) is 24.9 Å². The Morgan fingerprint density at radius 2 is 2.10 bits per heavy atom. The fraction of sp³-hybridized carbons (Fsp3) is 0.375. The van der Waals surface area contributed by atoms with Crippen LogP contribution in [-0.2, 0) is 16.0 Å². The van der Waals surface area contributed by atoms with Crippen LogP contribution in [0.2, 0.25) is 0 Å². The highest BCUT2D eigenvalue weighted by atomic mass is 16.4. The van der Waals surface area contributed by atoms with Gasteiger partial charge in [0.25, 0.3) is 0 Å². The normalized spacial score (nSPS) is 16.6. The fourth-order valence-corrected chi connectivity index (χ4v) is 2.52. The van der Waals surface area contributed by atoms with Crippen LogP contribution in [0, 0.1) is 12.3 Å². The minimum atomic E-state index is -0.960. The van der Waals surface area contributed by atoms with Gasteiger partial charge in [-0.3, -0.25) is 9.69 Å². The summed E-state index contributed by atoms with van der Waals surface area (Å²) in [6, 6.07) is 6.57. The van der Waals surface area contributed by atoms with Crippen LogP contribution in [0.15, 0.2) is 24.3 Å². The van der Waals surface area contributed by atoms with Gasteiger partial charge in [-0.15, -0.1) is 12.3 Å². The van der Waals surface area contributed by atoms with E-state index in [1.165, 1.54) is 4.90 Å². The summed E-state index contributed by atoms with van der Waals surface area (Å²) in [5.74, 6) is 1.44. The van der Waals surface area contributed by atoms with Crippen molar-refractivity contribution < 1.29 is 14.7 Å². The van der Waals surface area contributed by atoms with E-state index in [9.17, 15) is 14.7 Å². The molecule has 0 fully saturated rings. The molecule has 1 aromatic rings. The first kappa shape index (κ1) is 14.1. The highest BCUT2D eigenvalue weighted by Gasteiger charge is 2.37. The summed E-state index contributed by atoms with van der Waals surface area (Å²) in [5.41, 5.74) is 1.64. The van der Waals surface area contributed by atoms with Crippen molar-refractivity contribution in [2.24, 2.45) is 0 Å². The van der Waals surface area contributed by atoms with Crippen LogP contribution < -0.4 is 4.90 Å². The molecule has 0 spiro atoms. The Balaban J connectivity index is 2.12. The number of amides is 1. The first-order chi connectivity index (χ1) is 9.65. The first-order valence-electron chi connectivity index (χ1n) is 6.71. The zero-order valence-electron chi connectivity index (χ0n) is 11.2. The van der Waals surface area contributed by atoms with E-state index in [0.717, 1.165) is 17.7 Å². The zero-order chi connectivity index (χ0) is 14.5. The third-order valence-electron chi connectivity index (χ3n) is 3.49. The lowest BCUT2D eigenvalue weighted by molar-refractivity contribution is -0.139. The van der Waals surface area contributed by atoms with Crippen LogP contribution in [0.25, 0.3) is 0 Å².